The summed E-state index contributed by atoms with van der Waals surface area (Å²) in [6.45, 7) is 6.08. The van der Waals surface area contributed by atoms with Crippen molar-refractivity contribution in [3.05, 3.63) is 18.1 Å². The Hall–Kier alpha value is -1.16. The van der Waals surface area contributed by atoms with Crippen molar-refractivity contribution in [1.29, 1.82) is 0 Å². The molecule has 0 atom stereocenters. The maximum atomic E-state index is 5.21. The van der Waals surface area contributed by atoms with Crippen LogP contribution in [0.4, 0.5) is 5.82 Å². The molecule has 0 spiro atoms. The molecule has 4 nitrogen and oxygen atoms in total. The SMILES string of the molecule is COC1CN(c2cnc(C(C)C)cn2)C1. The van der Waals surface area contributed by atoms with E-state index in [0.29, 0.717) is 12.0 Å². The van der Waals surface area contributed by atoms with Crippen LogP contribution in [0.1, 0.15) is 25.5 Å². The van der Waals surface area contributed by atoms with E-state index in [4.69, 9.17) is 4.74 Å². The Morgan fingerprint density at radius 1 is 1.33 bits per heavy atom. The van der Waals surface area contributed by atoms with Gasteiger partial charge in [-0.05, 0) is 5.92 Å². The number of ether oxygens (including phenoxy) is 1. The number of nitrogens with zero attached hydrogens (tertiary/aromatic N) is 3. The third-order valence-electron chi connectivity index (χ3n) is 2.76. The zero-order chi connectivity index (χ0) is 10.8. The van der Waals surface area contributed by atoms with Gasteiger partial charge in [-0.3, -0.25) is 4.98 Å². The monoisotopic (exact) mass is 207 g/mol. The van der Waals surface area contributed by atoms with Gasteiger partial charge in [-0.1, -0.05) is 13.8 Å². The predicted molar refractivity (Wildman–Crippen MR) is 59.1 cm³/mol. The highest BCUT2D eigenvalue weighted by Crippen LogP contribution is 2.20. The molecule has 1 aromatic rings. The Bertz CT molecular complexity index is 317. The third-order valence-corrected chi connectivity index (χ3v) is 2.76. The van der Waals surface area contributed by atoms with Crippen LogP contribution in [0.15, 0.2) is 12.4 Å². The molecule has 15 heavy (non-hydrogen) atoms. The van der Waals surface area contributed by atoms with Gasteiger partial charge in [0.05, 0.1) is 24.2 Å². The van der Waals surface area contributed by atoms with Gasteiger partial charge < -0.3 is 9.64 Å². The minimum atomic E-state index is 0.358. The van der Waals surface area contributed by atoms with Crippen molar-refractivity contribution >= 4 is 5.82 Å². The lowest BCUT2D eigenvalue weighted by Crippen LogP contribution is -2.52. The number of aromatic nitrogens is 2. The molecule has 0 aromatic carbocycles. The molecular formula is C11H17N3O. The molecule has 0 aliphatic carbocycles. The Labute approximate surface area is 90.3 Å². The zero-order valence-electron chi connectivity index (χ0n) is 9.47. The largest absolute Gasteiger partial charge is 0.378 e. The molecule has 0 bridgehead atoms. The Balaban J connectivity index is 1.99. The molecule has 1 aromatic heterocycles. The van der Waals surface area contributed by atoms with Crippen molar-refractivity contribution in [3.8, 4) is 0 Å². The van der Waals surface area contributed by atoms with E-state index in [-0.39, 0.29) is 0 Å². The number of hydrogen-bond acceptors (Lipinski definition) is 4. The van der Waals surface area contributed by atoms with E-state index in [1.807, 2.05) is 12.4 Å². The molecule has 0 amide bonds. The molecule has 82 valence electrons. The highest BCUT2D eigenvalue weighted by Gasteiger charge is 2.27. The lowest BCUT2D eigenvalue weighted by atomic mass is 10.1. The Morgan fingerprint density at radius 2 is 2.07 bits per heavy atom. The highest BCUT2D eigenvalue weighted by atomic mass is 16.5. The van der Waals surface area contributed by atoms with E-state index in [1.54, 1.807) is 7.11 Å². The molecule has 2 heterocycles. The Kier molecular flexibility index (Phi) is 2.86. The average molecular weight is 207 g/mol. The first kappa shape index (κ1) is 10.4. The summed E-state index contributed by atoms with van der Waals surface area (Å²) in [5, 5.41) is 0. The predicted octanol–water partition coefficient (Wildman–Crippen LogP) is 1.43. The lowest BCUT2D eigenvalue weighted by Gasteiger charge is -2.38. The quantitative estimate of drug-likeness (QED) is 0.751. The summed E-state index contributed by atoms with van der Waals surface area (Å²) in [5.41, 5.74) is 1.04. The van der Waals surface area contributed by atoms with Gasteiger partial charge in [0.2, 0.25) is 0 Å². The van der Waals surface area contributed by atoms with Gasteiger partial charge in [-0.2, -0.15) is 0 Å². The fourth-order valence-corrected chi connectivity index (χ4v) is 1.57. The van der Waals surface area contributed by atoms with Crippen LogP contribution in [0.3, 0.4) is 0 Å². The van der Waals surface area contributed by atoms with E-state index >= 15 is 0 Å². The van der Waals surface area contributed by atoms with Crippen molar-refractivity contribution in [3.63, 3.8) is 0 Å². The smallest absolute Gasteiger partial charge is 0.147 e. The van der Waals surface area contributed by atoms with E-state index in [1.165, 1.54) is 0 Å². The first-order valence-electron chi connectivity index (χ1n) is 5.30. The zero-order valence-corrected chi connectivity index (χ0v) is 9.47. The van der Waals surface area contributed by atoms with Crippen LogP contribution in [0.25, 0.3) is 0 Å². The molecule has 1 aliphatic rings. The summed E-state index contributed by atoms with van der Waals surface area (Å²) in [7, 11) is 1.75. The highest BCUT2D eigenvalue weighted by molar-refractivity contribution is 5.40. The number of anilines is 1. The number of rotatable bonds is 3. The second kappa shape index (κ2) is 4.14. The molecule has 1 aliphatic heterocycles. The van der Waals surface area contributed by atoms with Gasteiger partial charge in [-0.15, -0.1) is 0 Å². The molecule has 1 saturated heterocycles. The normalized spacial score (nSPS) is 16.9. The van der Waals surface area contributed by atoms with E-state index in [2.05, 4.69) is 28.7 Å². The maximum Gasteiger partial charge on any atom is 0.147 e. The van der Waals surface area contributed by atoms with Gasteiger partial charge in [0.15, 0.2) is 0 Å². The molecule has 2 rings (SSSR count). The van der Waals surface area contributed by atoms with Crippen molar-refractivity contribution in [2.45, 2.75) is 25.9 Å². The van der Waals surface area contributed by atoms with Gasteiger partial charge >= 0.3 is 0 Å². The van der Waals surface area contributed by atoms with Crippen LogP contribution in [0.2, 0.25) is 0 Å². The molecule has 0 N–H and O–H groups in total. The fourth-order valence-electron chi connectivity index (χ4n) is 1.57. The maximum absolute atomic E-state index is 5.21. The Morgan fingerprint density at radius 3 is 2.53 bits per heavy atom. The minimum absolute atomic E-state index is 0.358. The second-order valence-corrected chi connectivity index (χ2v) is 4.22. The van der Waals surface area contributed by atoms with Crippen LogP contribution < -0.4 is 4.90 Å². The van der Waals surface area contributed by atoms with Crippen LogP contribution in [-0.2, 0) is 4.74 Å². The van der Waals surface area contributed by atoms with Crippen molar-refractivity contribution in [2.24, 2.45) is 0 Å². The molecular weight excluding hydrogens is 190 g/mol. The second-order valence-electron chi connectivity index (χ2n) is 4.22. The number of hydrogen-bond donors (Lipinski definition) is 0. The van der Waals surface area contributed by atoms with Crippen LogP contribution >= 0.6 is 0 Å². The summed E-state index contributed by atoms with van der Waals surface area (Å²) >= 11 is 0. The van der Waals surface area contributed by atoms with Crippen molar-refractivity contribution in [1.82, 2.24) is 9.97 Å². The summed E-state index contributed by atoms with van der Waals surface area (Å²) in [6.07, 6.45) is 4.07. The van der Waals surface area contributed by atoms with E-state index in [9.17, 15) is 0 Å². The summed E-state index contributed by atoms with van der Waals surface area (Å²) in [4.78, 5) is 11.0. The molecule has 0 saturated carbocycles. The number of methoxy groups -OCH3 is 1. The van der Waals surface area contributed by atoms with Crippen LogP contribution in [-0.4, -0.2) is 36.3 Å². The minimum Gasteiger partial charge on any atom is -0.378 e. The summed E-state index contributed by atoms with van der Waals surface area (Å²) < 4.78 is 5.21. The molecule has 1 fully saturated rings. The van der Waals surface area contributed by atoms with Gasteiger partial charge in [-0.25, -0.2) is 4.98 Å². The molecule has 0 radical (unpaired) electrons. The van der Waals surface area contributed by atoms with Crippen LogP contribution in [0, 0.1) is 0 Å². The van der Waals surface area contributed by atoms with E-state index < -0.39 is 0 Å². The molecule has 0 unspecified atom stereocenters. The lowest BCUT2D eigenvalue weighted by molar-refractivity contribution is 0.0782. The first-order chi connectivity index (χ1) is 7.20. The topological polar surface area (TPSA) is 38.2 Å². The van der Waals surface area contributed by atoms with Gasteiger partial charge in [0, 0.05) is 20.2 Å². The summed E-state index contributed by atoms with van der Waals surface area (Å²) in [5.74, 6) is 1.39. The van der Waals surface area contributed by atoms with Crippen molar-refractivity contribution in [2.75, 3.05) is 25.1 Å². The average Bonchev–Trinajstić information content (AvgIpc) is 2.17. The summed E-state index contributed by atoms with van der Waals surface area (Å²) in [6, 6.07) is 0. The fraction of sp³-hybridized carbons (Fsp3) is 0.636. The van der Waals surface area contributed by atoms with Gasteiger partial charge in [0.25, 0.3) is 0 Å². The third kappa shape index (κ3) is 2.09. The molecule has 4 heteroatoms. The standard InChI is InChI=1S/C11H17N3O/c1-8(2)10-4-13-11(5-12-10)14-6-9(7-14)15-3/h4-5,8-9H,6-7H2,1-3H3. The van der Waals surface area contributed by atoms with Crippen LogP contribution in [0.5, 0.6) is 0 Å². The van der Waals surface area contributed by atoms with E-state index in [0.717, 1.165) is 24.6 Å². The first-order valence-corrected chi connectivity index (χ1v) is 5.30. The van der Waals surface area contributed by atoms with Gasteiger partial charge in [0.1, 0.15) is 5.82 Å². The van der Waals surface area contributed by atoms with Crippen molar-refractivity contribution < 1.29 is 4.74 Å².